The van der Waals surface area contributed by atoms with E-state index in [1.54, 1.807) is 24.3 Å². The van der Waals surface area contributed by atoms with Crippen LogP contribution in [0.4, 0.5) is 11.4 Å². The molecule has 0 bridgehead atoms. The molecule has 0 aliphatic rings. The van der Waals surface area contributed by atoms with E-state index in [1.807, 2.05) is 26.8 Å². The molecule has 0 aromatic heterocycles. The van der Waals surface area contributed by atoms with E-state index in [9.17, 15) is 13.2 Å². The minimum absolute atomic E-state index is 0.133. The summed E-state index contributed by atoms with van der Waals surface area (Å²) >= 11 is 5.10. The highest BCUT2D eigenvalue weighted by Gasteiger charge is 2.14. The minimum atomic E-state index is -3.70. The number of unbranched alkanes of at least 4 members (excludes halogenated alkanes) is 1. The SMILES string of the molecule is CCCCC(=O)NC(=S)Nc1ccc(S(=O)(=O)Nc2ccc(C)c(C)c2)cc1. The molecule has 0 heterocycles. The van der Waals surface area contributed by atoms with E-state index >= 15 is 0 Å². The predicted octanol–water partition coefficient (Wildman–Crippen LogP) is 4.11. The summed E-state index contributed by atoms with van der Waals surface area (Å²) in [5, 5.41) is 5.66. The van der Waals surface area contributed by atoms with E-state index in [-0.39, 0.29) is 15.9 Å². The Hall–Kier alpha value is -2.45. The van der Waals surface area contributed by atoms with Gasteiger partial charge in [-0.15, -0.1) is 0 Å². The standard InChI is InChI=1S/C20H25N3O3S2/c1-4-5-6-19(24)22-20(27)21-16-9-11-18(12-10-16)28(25,26)23-17-8-7-14(2)15(3)13-17/h7-13,23H,4-6H2,1-3H3,(H2,21,22,24,27). The molecule has 0 saturated heterocycles. The van der Waals surface area contributed by atoms with Crippen molar-refractivity contribution in [2.24, 2.45) is 0 Å². The summed E-state index contributed by atoms with van der Waals surface area (Å²) in [5.41, 5.74) is 3.21. The molecule has 0 unspecified atom stereocenters. The maximum Gasteiger partial charge on any atom is 0.261 e. The lowest BCUT2D eigenvalue weighted by atomic mass is 10.1. The number of thiocarbonyl (C=S) groups is 1. The average Bonchev–Trinajstić information content (AvgIpc) is 2.63. The Balaban J connectivity index is 2.01. The van der Waals surface area contributed by atoms with Gasteiger partial charge in [0, 0.05) is 17.8 Å². The van der Waals surface area contributed by atoms with Crippen LogP contribution >= 0.6 is 12.2 Å². The van der Waals surface area contributed by atoms with Crippen LogP contribution < -0.4 is 15.4 Å². The molecule has 2 aromatic rings. The number of benzene rings is 2. The van der Waals surface area contributed by atoms with Crippen LogP contribution in [0.1, 0.15) is 37.3 Å². The second-order valence-corrected chi connectivity index (χ2v) is 8.63. The Morgan fingerprint density at radius 3 is 2.25 bits per heavy atom. The molecule has 2 rings (SSSR count). The van der Waals surface area contributed by atoms with Crippen LogP contribution in [0, 0.1) is 13.8 Å². The van der Waals surface area contributed by atoms with Crippen molar-refractivity contribution in [3.63, 3.8) is 0 Å². The maximum absolute atomic E-state index is 12.6. The number of carbonyl (C=O) groups is 1. The van der Waals surface area contributed by atoms with Gasteiger partial charge < -0.3 is 10.6 Å². The van der Waals surface area contributed by atoms with Gasteiger partial charge in [-0.25, -0.2) is 8.42 Å². The number of aryl methyl sites for hydroxylation is 2. The van der Waals surface area contributed by atoms with Gasteiger partial charge in [0.15, 0.2) is 5.11 Å². The third kappa shape index (κ3) is 6.31. The van der Waals surface area contributed by atoms with Crippen LogP contribution in [0.5, 0.6) is 0 Å². The highest BCUT2D eigenvalue weighted by Crippen LogP contribution is 2.20. The zero-order chi connectivity index (χ0) is 20.7. The summed E-state index contributed by atoms with van der Waals surface area (Å²) in [5.74, 6) is -0.142. The van der Waals surface area contributed by atoms with E-state index in [1.165, 1.54) is 12.1 Å². The van der Waals surface area contributed by atoms with Crippen LogP contribution in [0.15, 0.2) is 47.4 Å². The van der Waals surface area contributed by atoms with Crippen LogP contribution in [0.25, 0.3) is 0 Å². The van der Waals surface area contributed by atoms with Gasteiger partial charge in [-0.1, -0.05) is 19.4 Å². The first-order valence-corrected chi connectivity index (χ1v) is 10.9. The fourth-order valence-electron chi connectivity index (χ4n) is 2.43. The van der Waals surface area contributed by atoms with Gasteiger partial charge in [0.1, 0.15) is 0 Å². The Morgan fingerprint density at radius 1 is 1.00 bits per heavy atom. The fourth-order valence-corrected chi connectivity index (χ4v) is 3.71. The summed E-state index contributed by atoms with van der Waals surface area (Å²) < 4.78 is 27.7. The maximum atomic E-state index is 12.6. The van der Waals surface area contributed by atoms with E-state index in [0.29, 0.717) is 17.8 Å². The Kier molecular flexibility index (Phi) is 7.53. The molecule has 0 aliphatic carbocycles. The topological polar surface area (TPSA) is 87.3 Å². The molecule has 150 valence electrons. The van der Waals surface area contributed by atoms with Crippen molar-refractivity contribution in [1.29, 1.82) is 0 Å². The van der Waals surface area contributed by atoms with E-state index in [4.69, 9.17) is 12.2 Å². The first-order valence-electron chi connectivity index (χ1n) is 9.02. The second-order valence-electron chi connectivity index (χ2n) is 6.53. The van der Waals surface area contributed by atoms with E-state index < -0.39 is 10.0 Å². The van der Waals surface area contributed by atoms with Crippen LogP contribution in [0.2, 0.25) is 0 Å². The van der Waals surface area contributed by atoms with E-state index in [2.05, 4.69) is 15.4 Å². The number of carbonyl (C=O) groups excluding carboxylic acids is 1. The summed E-state index contributed by atoms with van der Waals surface area (Å²) in [6.45, 7) is 5.90. The fraction of sp³-hybridized carbons (Fsp3) is 0.300. The molecule has 0 atom stereocenters. The third-order valence-corrected chi connectivity index (χ3v) is 5.79. The van der Waals surface area contributed by atoms with Crippen molar-refractivity contribution < 1.29 is 13.2 Å². The molecular formula is C20H25N3O3S2. The zero-order valence-electron chi connectivity index (χ0n) is 16.2. The summed E-state index contributed by atoms with van der Waals surface area (Å²) in [6.07, 6.45) is 2.15. The van der Waals surface area contributed by atoms with E-state index in [0.717, 1.165) is 24.0 Å². The average molecular weight is 420 g/mol. The summed E-state index contributed by atoms with van der Waals surface area (Å²) in [7, 11) is -3.70. The highest BCUT2D eigenvalue weighted by molar-refractivity contribution is 7.92. The van der Waals surface area contributed by atoms with Crippen molar-refractivity contribution in [1.82, 2.24) is 5.32 Å². The number of sulfonamides is 1. The molecule has 0 fully saturated rings. The van der Waals surface area contributed by atoms with Gasteiger partial charge in [0.2, 0.25) is 5.91 Å². The second kappa shape index (κ2) is 9.66. The number of nitrogens with one attached hydrogen (secondary N) is 3. The normalized spacial score (nSPS) is 11.0. The first kappa shape index (κ1) is 21.8. The molecule has 0 spiro atoms. The predicted molar refractivity (Wildman–Crippen MR) is 117 cm³/mol. The molecule has 28 heavy (non-hydrogen) atoms. The Labute approximate surface area is 171 Å². The lowest BCUT2D eigenvalue weighted by molar-refractivity contribution is -0.119. The van der Waals surface area contributed by atoms with Gasteiger partial charge >= 0.3 is 0 Å². The lowest BCUT2D eigenvalue weighted by Gasteiger charge is -2.12. The van der Waals surface area contributed by atoms with Crippen molar-refractivity contribution >= 4 is 44.6 Å². The van der Waals surface area contributed by atoms with Gasteiger partial charge in [0.25, 0.3) is 10.0 Å². The number of hydrogen-bond acceptors (Lipinski definition) is 4. The van der Waals surface area contributed by atoms with Crippen LogP contribution in [0.3, 0.4) is 0 Å². The van der Waals surface area contributed by atoms with Crippen molar-refractivity contribution in [3.8, 4) is 0 Å². The number of rotatable bonds is 7. The molecule has 8 heteroatoms. The van der Waals surface area contributed by atoms with Gasteiger partial charge in [0.05, 0.1) is 4.90 Å². The molecule has 1 amide bonds. The monoisotopic (exact) mass is 419 g/mol. The largest absolute Gasteiger partial charge is 0.332 e. The minimum Gasteiger partial charge on any atom is -0.332 e. The van der Waals surface area contributed by atoms with Gasteiger partial charge in [-0.3, -0.25) is 9.52 Å². The summed E-state index contributed by atoms with van der Waals surface area (Å²) in [4.78, 5) is 11.8. The van der Waals surface area contributed by atoms with Crippen molar-refractivity contribution in [3.05, 3.63) is 53.6 Å². The van der Waals surface area contributed by atoms with Crippen molar-refractivity contribution in [2.75, 3.05) is 10.0 Å². The first-order chi connectivity index (χ1) is 13.2. The van der Waals surface area contributed by atoms with Crippen LogP contribution in [-0.2, 0) is 14.8 Å². The Morgan fingerprint density at radius 2 is 1.64 bits per heavy atom. The molecule has 0 radical (unpaired) electrons. The quantitative estimate of drug-likeness (QED) is 0.588. The number of hydrogen-bond donors (Lipinski definition) is 3. The lowest BCUT2D eigenvalue weighted by Crippen LogP contribution is -2.33. The number of anilines is 2. The van der Waals surface area contributed by atoms with Gasteiger partial charge in [-0.05, 0) is 80.0 Å². The molecule has 6 nitrogen and oxygen atoms in total. The van der Waals surface area contributed by atoms with Gasteiger partial charge in [-0.2, -0.15) is 0 Å². The zero-order valence-corrected chi connectivity index (χ0v) is 17.8. The summed E-state index contributed by atoms with van der Waals surface area (Å²) in [6, 6.07) is 11.5. The Bertz CT molecular complexity index is 955. The molecule has 2 aromatic carbocycles. The highest BCUT2D eigenvalue weighted by atomic mass is 32.2. The molecule has 0 saturated carbocycles. The number of amides is 1. The molecular weight excluding hydrogens is 394 g/mol. The smallest absolute Gasteiger partial charge is 0.261 e. The van der Waals surface area contributed by atoms with Crippen LogP contribution in [-0.4, -0.2) is 19.4 Å². The van der Waals surface area contributed by atoms with Crippen molar-refractivity contribution in [2.45, 2.75) is 44.9 Å². The molecule has 3 N–H and O–H groups in total. The molecule has 0 aliphatic heterocycles. The third-order valence-electron chi connectivity index (χ3n) is 4.19.